The third kappa shape index (κ3) is 6.35. The van der Waals surface area contributed by atoms with Crippen LogP contribution < -0.4 is 9.47 Å². The Labute approximate surface area is 171 Å². The van der Waals surface area contributed by atoms with Crippen molar-refractivity contribution in [2.45, 2.75) is 6.29 Å². The first kappa shape index (κ1) is 22.0. The maximum absolute atomic E-state index is 11.1. The predicted octanol–water partition coefficient (Wildman–Crippen LogP) is 3.99. The minimum Gasteiger partial charge on any atom is -0.497 e. The second-order valence-electron chi connectivity index (χ2n) is 5.84. The van der Waals surface area contributed by atoms with Gasteiger partial charge in [0.1, 0.15) is 17.8 Å². The van der Waals surface area contributed by atoms with Crippen molar-refractivity contribution in [3.05, 3.63) is 71.8 Å². The van der Waals surface area contributed by atoms with Crippen LogP contribution >= 0.6 is 0 Å². The molecule has 2 rings (SSSR count). The van der Waals surface area contributed by atoms with E-state index in [2.05, 4.69) is 11.8 Å². The van der Waals surface area contributed by atoms with Crippen molar-refractivity contribution >= 4 is 17.4 Å². The summed E-state index contributed by atoms with van der Waals surface area (Å²) in [7, 11) is 6.32. The minimum atomic E-state index is -0.555. The summed E-state index contributed by atoms with van der Waals surface area (Å²) in [5.41, 5.74) is 2.98. The maximum atomic E-state index is 11.1. The monoisotopic (exact) mass is 392 g/mol. The zero-order chi connectivity index (χ0) is 21.1. The van der Waals surface area contributed by atoms with Crippen molar-refractivity contribution in [2.24, 2.45) is 0 Å². The smallest absolute Gasteiger partial charge is 0.177 e. The van der Waals surface area contributed by atoms with Gasteiger partial charge in [-0.15, -0.1) is 0 Å². The summed E-state index contributed by atoms with van der Waals surface area (Å²) >= 11 is 0. The Morgan fingerprint density at radius 2 is 1.21 bits per heavy atom. The van der Waals surface area contributed by atoms with Crippen LogP contribution in [0.3, 0.4) is 0 Å². The van der Waals surface area contributed by atoms with Gasteiger partial charge in [0.15, 0.2) is 6.29 Å². The van der Waals surface area contributed by atoms with Gasteiger partial charge in [-0.05, 0) is 47.5 Å². The van der Waals surface area contributed by atoms with Crippen LogP contribution in [0.5, 0.6) is 11.5 Å². The van der Waals surface area contributed by atoms with Crippen molar-refractivity contribution < 1.29 is 23.7 Å². The van der Waals surface area contributed by atoms with Gasteiger partial charge >= 0.3 is 0 Å². The summed E-state index contributed by atoms with van der Waals surface area (Å²) < 4.78 is 21.0. The molecule has 0 fully saturated rings. The SMILES string of the molecule is COc1ccc(/C(C#C/C(=C\C(OC)OC)c2ccc(OC)cc2)=C/C=O)cc1. The fourth-order valence-corrected chi connectivity index (χ4v) is 2.53. The van der Waals surface area contributed by atoms with Gasteiger partial charge in [-0.3, -0.25) is 4.79 Å². The summed E-state index contributed by atoms with van der Waals surface area (Å²) in [6.07, 6.45) is 3.38. The van der Waals surface area contributed by atoms with Crippen LogP contribution in [-0.2, 0) is 14.3 Å². The molecule has 5 heteroatoms. The lowest BCUT2D eigenvalue weighted by Crippen LogP contribution is -2.09. The normalized spacial score (nSPS) is 11.6. The third-order valence-electron chi connectivity index (χ3n) is 4.14. The van der Waals surface area contributed by atoms with E-state index in [1.165, 1.54) is 6.08 Å². The number of carbonyl (C=O) groups is 1. The van der Waals surface area contributed by atoms with Crippen LogP contribution in [0.2, 0.25) is 0 Å². The average molecular weight is 392 g/mol. The summed E-state index contributed by atoms with van der Waals surface area (Å²) in [6, 6.07) is 14.9. The molecule has 5 nitrogen and oxygen atoms in total. The highest BCUT2D eigenvalue weighted by Crippen LogP contribution is 2.21. The number of methoxy groups -OCH3 is 4. The molecular weight excluding hydrogens is 368 g/mol. The Morgan fingerprint density at radius 3 is 1.62 bits per heavy atom. The second-order valence-corrected chi connectivity index (χ2v) is 5.84. The number of aldehydes is 1. The van der Waals surface area contributed by atoms with Crippen LogP contribution in [0.4, 0.5) is 0 Å². The molecule has 29 heavy (non-hydrogen) atoms. The summed E-state index contributed by atoms with van der Waals surface area (Å²) in [5.74, 6) is 7.70. The first-order chi connectivity index (χ1) is 14.1. The zero-order valence-corrected chi connectivity index (χ0v) is 17.0. The second kappa shape index (κ2) is 11.5. The largest absolute Gasteiger partial charge is 0.497 e. The molecule has 0 aromatic heterocycles. The summed E-state index contributed by atoms with van der Waals surface area (Å²) in [6.45, 7) is 0. The van der Waals surface area contributed by atoms with Crippen LogP contribution in [0.1, 0.15) is 11.1 Å². The predicted molar refractivity (Wildman–Crippen MR) is 114 cm³/mol. The molecule has 0 heterocycles. The van der Waals surface area contributed by atoms with Crippen molar-refractivity contribution in [1.29, 1.82) is 0 Å². The Balaban J connectivity index is 2.46. The molecule has 0 spiro atoms. The van der Waals surface area contributed by atoms with Crippen molar-refractivity contribution in [2.75, 3.05) is 28.4 Å². The van der Waals surface area contributed by atoms with Gasteiger partial charge in [-0.2, -0.15) is 0 Å². The molecule has 0 atom stereocenters. The number of allylic oxidation sites excluding steroid dienone is 3. The Hall–Kier alpha value is -3.33. The fraction of sp³-hybridized carbons (Fsp3) is 0.208. The van der Waals surface area contributed by atoms with Crippen LogP contribution in [0.25, 0.3) is 11.1 Å². The van der Waals surface area contributed by atoms with E-state index in [0.717, 1.165) is 28.9 Å². The highest BCUT2D eigenvalue weighted by molar-refractivity contribution is 5.92. The van der Waals surface area contributed by atoms with Gasteiger partial charge in [-0.1, -0.05) is 36.1 Å². The highest BCUT2D eigenvalue weighted by Gasteiger charge is 2.07. The van der Waals surface area contributed by atoms with Gasteiger partial charge in [0.25, 0.3) is 0 Å². The average Bonchev–Trinajstić information content (AvgIpc) is 2.78. The first-order valence-corrected chi connectivity index (χ1v) is 8.89. The number of ether oxygens (including phenoxy) is 4. The fourth-order valence-electron chi connectivity index (χ4n) is 2.53. The molecule has 0 N–H and O–H groups in total. The van der Waals surface area contributed by atoms with Gasteiger partial charge in [0, 0.05) is 25.4 Å². The molecule has 2 aromatic rings. The Bertz CT molecular complexity index is 908. The lowest BCUT2D eigenvalue weighted by atomic mass is 10.0. The Kier molecular flexibility index (Phi) is 8.71. The quantitative estimate of drug-likeness (QED) is 0.294. The van der Waals surface area contributed by atoms with Crippen LogP contribution in [0.15, 0.2) is 60.7 Å². The van der Waals surface area contributed by atoms with Gasteiger partial charge in [-0.25, -0.2) is 0 Å². The maximum Gasteiger partial charge on any atom is 0.177 e. The minimum absolute atomic E-state index is 0.555. The molecule has 0 aliphatic carbocycles. The highest BCUT2D eigenvalue weighted by atomic mass is 16.7. The lowest BCUT2D eigenvalue weighted by molar-refractivity contribution is -0.104. The van der Waals surface area contributed by atoms with Crippen LogP contribution in [-0.4, -0.2) is 41.0 Å². The zero-order valence-electron chi connectivity index (χ0n) is 17.0. The number of benzene rings is 2. The first-order valence-electron chi connectivity index (χ1n) is 8.89. The van der Waals surface area contributed by atoms with E-state index in [0.29, 0.717) is 11.1 Å². The van der Waals surface area contributed by atoms with E-state index >= 15 is 0 Å². The number of carbonyl (C=O) groups excluding carboxylic acids is 1. The van der Waals surface area contributed by atoms with Crippen molar-refractivity contribution in [3.8, 4) is 23.3 Å². The van der Waals surface area contributed by atoms with E-state index in [4.69, 9.17) is 18.9 Å². The van der Waals surface area contributed by atoms with Crippen molar-refractivity contribution in [1.82, 2.24) is 0 Å². The number of hydrogen-bond donors (Lipinski definition) is 0. The molecule has 0 amide bonds. The molecule has 0 aliphatic heterocycles. The molecule has 150 valence electrons. The molecule has 0 saturated heterocycles. The summed E-state index contributed by atoms with van der Waals surface area (Å²) in [4.78, 5) is 11.1. The summed E-state index contributed by atoms with van der Waals surface area (Å²) in [5, 5.41) is 0. The number of rotatable bonds is 8. The van der Waals surface area contributed by atoms with E-state index in [9.17, 15) is 4.79 Å². The number of hydrogen-bond acceptors (Lipinski definition) is 5. The van der Waals surface area contributed by atoms with Gasteiger partial charge in [0.2, 0.25) is 0 Å². The molecule has 0 saturated carbocycles. The van der Waals surface area contributed by atoms with E-state index in [1.807, 2.05) is 48.5 Å². The molecular formula is C24H24O5. The molecule has 0 unspecified atom stereocenters. The van der Waals surface area contributed by atoms with Gasteiger partial charge < -0.3 is 18.9 Å². The van der Waals surface area contributed by atoms with Crippen molar-refractivity contribution in [3.63, 3.8) is 0 Å². The topological polar surface area (TPSA) is 54.0 Å². The van der Waals surface area contributed by atoms with E-state index in [-0.39, 0.29) is 0 Å². The van der Waals surface area contributed by atoms with E-state index < -0.39 is 6.29 Å². The molecule has 2 aromatic carbocycles. The van der Waals surface area contributed by atoms with Crippen LogP contribution in [0, 0.1) is 11.8 Å². The molecule has 0 aliphatic rings. The Morgan fingerprint density at radius 1 is 0.759 bits per heavy atom. The van der Waals surface area contributed by atoms with E-state index in [1.54, 1.807) is 34.5 Å². The van der Waals surface area contributed by atoms with Gasteiger partial charge in [0.05, 0.1) is 14.2 Å². The molecule has 0 bridgehead atoms. The lowest BCUT2D eigenvalue weighted by Gasteiger charge is -2.10. The third-order valence-corrected chi connectivity index (χ3v) is 4.14. The standard InChI is InChI=1S/C24H24O5/c1-26-22-11-7-18(8-12-22)20(15-16-25)5-6-21(17-24(28-3)29-4)19-9-13-23(27-2)14-10-19/h7-17,24H,1-4H3/b20-15+,21-17+. The molecule has 0 radical (unpaired) electrons.